The van der Waals surface area contributed by atoms with E-state index in [4.69, 9.17) is 14.2 Å². The molecule has 1 fully saturated rings. The van der Waals surface area contributed by atoms with E-state index in [2.05, 4.69) is 5.16 Å². The molecule has 4 rings (SSSR count). The van der Waals surface area contributed by atoms with Gasteiger partial charge in [-0.15, -0.1) is 0 Å². The SMILES string of the molecule is COc1cc2c(cc1OC)C(=NO)C1CC1(c1ccccc1)O2. The first-order valence-corrected chi connectivity index (χ1v) is 7.46. The van der Waals surface area contributed by atoms with Crippen LogP contribution in [-0.4, -0.2) is 25.1 Å². The second-order valence-corrected chi connectivity index (χ2v) is 5.80. The minimum atomic E-state index is -0.449. The highest BCUT2D eigenvalue weighted by atomic mass is 16.5. The van der Waals surface area contributed by atoms with E-state index in [-0.39, 0.29) is 5.92 Å². The van der Waals surface area contributed by atoms with Gasteiger partial charge in [0.15, 0.2) is 11.5 Å². The Kier molecular flexibility index (Phi) is 2.98. The predicted octanol–water partition coefficient (Wildman–Crippen LogP) is 3.19. The molecular weight excluding hydrogens is 294 g/mol. The molecule has 23 heavy (non-hydrogen) atoms. The molecule has 2 aromatic rings. The number of fused-ring (bicyclic) bond motifs is 2. The highest BCUT2D eigenvalue weighted by molar-refractivity contribution is 6.08. The molecule has 5 nitrogen and oxygen atoms in total. The third kappa shape index (κ3) is 1.89. The molecule has 2 aliphatic rings. The van der Waals surface area contributed by atoms with Crippen LogP contribution in [0, 0.1) is 5.92 Å². The topological polar surface area (TPSA) is 60.3 Å². The van der Waals surface area contributed by atoms with E-state index >= 15 is 0 Å². The summed E-state index contributed by atoms with van der Waals surface area (Å²) in [5, 5.41) is 13.1. The Morgan fingerprint density at radius 1 is 1.13 bits per heavy atom. The van der Waals surface area contributed by atoms with Gasteiger partial charge in [0.05, 0.1) is 25.8 Å². The van der Waals surface area contributed by atoms with Crippen molar-refractivity contribution in [2.75, 3.05) is 14.2 Å². The Morgan fingerprint density at radius 3 is 2.48 bits per heavy atom. The average Bonchev–Trinajstić information content (AvgIpc) is 3.34. The van der Waals surface area contributed by atoms with E-state index < -0.39 is 5.60 Å². The van der Waals surface area contributed by atoms with Crippen LogP contribution in [0.25, 0.3) is 0 Å². The lowest BCUT2D eigenvalue weighted by Crippen LogP contribution is -2.28. The van der Waals surface area contributed by atoms with Gasteiger partial charge >= 0.3 is 0 Å². The maximum absolute atomic E-state index is 9.55. The van der Waals surface area contributed by atoms with E-state index in [0.717, 1.165) is 17.5 Å². The predicted molar refractivity (Wildman–Crippen MR) is 84.7 cm³/mol. The van der Waals surface area contributed by atoms with E-state index in [1.807, 2.05) is 30.3 Å². The number of rotatable bonds is 3. The smallest absolute Gasteiger partial charge is 0.164 e. The average molecular weight is 311 g/mol. The molecule has 5 heteroatoms. The molecule has 118 valence electrons. The first-order valence-electron chi connectivity index (χ1n) is 7.46. The molecular formula is C18H17NO4. The monoisotopic (exact) mass is 311 g/mol. The van der Waals surface area contributed by atoms with E-state index in [0.29, 0.717) is 23.0 Å². The maximum Gasteiger partial charge on any atom is 0.164 e. The van der Waals surface area contributed by atoms with Gasteiger partial charge in [0.25, 0.3) is 0 Å². The maximum atomic E-state index is 9.55. The number of oxime groups is 1. The molecule has 0 aromatic heterocycles. The van der Waals surface area contributed by atoms with Crippen LogP contribution in [0.5, 0.6) is 17.2 Å². The van der Waals surface area contributed by atoms with Crippen molar-refractivity contribution in [1.82, 2.24) is 0 Å². The zero-order valence-corrected chi connectivity index (χ0v) is 12.9. The fourth-order valence-electron chi connectivity index (χ4n) is 3.43. The first kappa shape index (κ1) is 13.9. The molecule has 0 spiro atoms. The van der Waals surface area contributed by atoms with Crippen LogP contribution in [-0.2, 0) is 5.60 Å². The van der Waals surface area contributed by atoms with Crippen LogP contribution in [0.4, 0.5) is 0 Å². The zero-order chi connectivity index (χ0) is 16.0. The van der Waals surface area contributed by atoms with Gasteiger partial charge in [0.2, 0.25) is 0 Å². The van der Waals surface area contributed by atoms with Crippen molar-refractivity contribution in [3.8, 4) is 17.2 Å². The fourth-order valence-corrected chi connectivity index (χ4v) is 3.43. The van der Waals surface area contributed by atoms with Crippen molar-refractivity contribution in [3.05, 3.63) is 53.6 Å². The van der Waals surface area contributed by atoms with Crippen molar-refractivity contribution < 1.29 is 19.4 Å². The Bertz CT molecular complexity index is 787. The van der Waals surface area contributed by atoms with Crippen molar-refractivity contribution in [2.24, 2.45) is 11.1 Å². The largest absolute Gasteiger partial charge is 0.493 e. The summed E-state index contributed by atoms with van der Waals surface area (Å²) in [4.78, 5) is 0. The summed E-state index contributed by atoms with van der Waals surface area (Å²) in [6, 6.07) is 13.6. The van der Waals surface area contributed by atoms with Crippen LogP contribution in [0.2, 0.25) is 0 Å². The summed E-state index contributed by atoms with van der Waals surface area (Å²) in [6.45, 7) is 0. The minimum Gasteiger partial charge on any atom is -0.493 e. The van der Waals surface area contributed by atoms with Gasteiger partial charge in [-0.1, -0.05) is 35.5 Å². The summed E-state index contributed by atoms with van der Waals surface area (Å²) >= 11 is 0. The third-order valence-corrected chi connectivity index (χ3v) is 4.66. The lowest BCUT2D eigenvalue weighted by molar-refractivity contribution is 0.163. The van der Waals surface area contributed by atoms with Crippen molar-refractivity contribution in [2.45, 2.75) is 12.0 Å². The summed E-state index contributed by atoms with van der Waals surface area (Å²) in [5.41, 5.74) is 2.02. The third-order valence-electron chi connectivity index (χ3n) is 4.66. The molecule has 1 saturated carbocycles. The molecule has 0 radical (unpaired) electrons. The van der Waals surface area contributed by atoms with Crippen LogP contribution in [0.3, 0.4) is 0 Å². The summed E-state index contributed by atoms with van der Waals surface area (Å²) in [7, 11) is 3.16. The highest BCUT2D eigenvalue weighted by Crippen LogP contribution is 2.61. The first-order chi connectivity index (χ1) is 11.2. The van der Waals surface area contributed by atoms with E-state index in [1.165, 1.54) is 0 Å². The second-order valence-electron chi connectivity index (χ2n) is 5.80. The zero-order valence-electron chi connectivity index (χ0n) is 12.9. The molecule has 1 heterocycles. The Balaban J connectivity index is 1.85. The van der Waals surface area contributed by atoms with Gasteiger partial charge < -0.3 is 19.4 Å². The molecule has 2 unspecified atom stereocenters. The number of hydrogen-bond acceptors (Lipinski definition) is 5. The van der Waals surface area contributed by atoms with E-state index in [9.17, 15) is 5.21 Å². The summed E-state index contributed by atoms with van der Waals surface area (Å²) in [5.74, 6) is 1.86. The van der Waals surface area contributed by atoms with Crippen LogP contribution >= 0.6 is 0 Å². The highest BCUT2D eigenvalue weighted by Gasteiger charge is 2.64. The van der Waals surface area contributed by atoms with Crippen molar-refractivity contribution in [3.63, 3.8) is 0 Å². The van der Waals surface area contributed by atoms with Gasteiger partial charge in [-0.2, -0.15) is 0 Å². The molecule has 0 bridgehead atoms. The fraction of sp³-hybridized carbons (Fsp3) is 0.278. The van der Waals surface area contributed by atoms with Crippen LogP contribution in [0.1, 0.15) is 17.5 Å². The number of hydrogen-bond donors (Lipinski definition) is 1. The quantitative estimate of drug-likeness (QED) is 0.698. The van der Waals surface area contributed by atoms with Gasteiger partial charge in [0, 0.05) is 18.1 Å². The second kappa shape index (κ2) is 4.91. The Morgan fingerprint density at radius 2 is 1.83 bits per heavy atom. The van der Waals surface area contributed by atoms with Crippen molar-refractivity contribution >= 4 is 5.71 Å². The van der Waals surface area contributed by atoms with Gasteiger partial charge in [-0.25, -0.2) is 0 Å². The molecule has 2 atom stereocenters. The summed E-state index contributed by atoms with van der Waals surface area (Å²) < 4.78 is 17.0. The molecule has 1 aliphatic carbocycles. The Hall–Kier alpha value is -2.69. The van der Waals surface area contributed by atoms with Gasteiger partial charge in [0.1, 0.15) is 11.4 Å². The number of methoxy groups -OCH3 is 2. The molecule has 1 N–H and O–H groups in total. The molecule has 2 aromatic carbocycles. The number of benzene rings is 2. The lowest BCUT2D eigenvalue weighted by Gasteiger charge is -2.28. The van der Waals surface area contributed by atoms with E-state index in [1.54, 1.807) is 26.4 Å². The molecule has 1 aliphatic heterocycles. The number of nitrogens with zero attached hydrogens (tertiary/aromatic N) is 1. The lowest BCUT2D eigenvalue weighted by atomic mass is 9.95. The minimum absolute atomic E-state index is 0.0421. The van der Waals surface area contributed by atoms with Gasteiger partial charge in [-0.05, 0) is 11.6 Å². The molecule has 0 amide bonds. The molecule has 0 saturated heterocycles. The standard InChI is InChI=1S/C18H17NO4/c1-21-15-8-12-14(9-16(15)22-2)23-18(10-13(18)17(12)19-20)11-6-4-3-5-7-11/h3-9,13,20H,10H2,1-2H3. The van der Waals surface area contributed by atoms with Crippen molar-refractivity contribution in [1.29, 1.82) is 0 Å². The Labute approximate surface area is 134 Å². The van der Waals surface area contributed by atoms with Crippen LogP contribution in [0.15, 0.2) is 47.6 Å². The normalized spacial score (nSPS) is 26.0. The summed E-state index contributed by atoms with van der Waals surface area (Å²) in [6.07, 6.45) is 0.787. The van der Waals surface area contributed by atoms with Gasteiger partial charge in [-0.3, -0.25) is 0 Å². The van der Waals surface area contributed by atoms with Crippen LogP contribution < -0.4 is 14.2 Å². The number of ether oxygens (including phenoxy) is 3.